The van der Waals surface area contributed by atoms with Gasteiger partial charge in [-0.15, -0.1) is 0 Å². The van der Waals surface area contributed by atoms with Crippen LogP contribution in [0.4, 0.5) is 0 Å². The topological polar surface area (TPSA) is 263 Å². The molecule has 5 unspecified atom stereocenters. The summed E-state index contributed by atoms with van der Waals surface area (Å²) in [6.07, 6.45) is 1.72. The first kappa shape index (κ1) is 30.5. The molecule has 0 fully saturated rings. The number of carboxylic acids is 2. The number of aliphatic hydroxyl groups excluding tert-OH is 1. The third-order valence-electron chi connectivity index (χ3n) is 5.24. The Hall–Kier alpha value is -3.56. The fourth-order valence-corrected chi connectivity index (χ4v) is 3.21. The van der Waals surface area contributed by atoms with Gasteiger partial charge in [-0.05, 0) is 39.2 Å². The first-order valence-corrected chi connectivity index (χ1v) is 11.4. The molecule has 0 saturated carbocycles. The van der Waals surface area contributed by atoms with Gasteiger partial charge in [0.15, 0.2) is 0 Å². The van der Waals surface area contributed by atoms with Crippen LogP contribution in [0, 0.1) is 0 Å². The average Bonchev–Trinajstić information content (AvgIpc) is 3.31. The lowest BCUT2D eigenvalue weighted by molar-refractivity contribution is -0.143. The maximum absolute atomic E-state index is 12.8. The van der Waals surface area contributed by atoms with Crippen molar-refractivity contribution in [2.45, 2.75) is 75.7 Å². The van der Waals surface area contributed by atoms with E-state index in [4.69, 9.17) is 16.6 Å². The quantitative estimate of drug-likeness (QED) is 0.0960. The van der Waals surface area contributed by atoms with E-state index in [1.165, 1.54) is 19.4 Å². The molecule has 202 valence electrons. The van der Waals surface area contributed by atoms with E-state index in [-0.39, 0.29) is 19.3 Å². The third-order valence-corrected chi connectivity index (χ3v) is 5.24. The van der Waals surface area contributed by atoms with E-state index in [9.17, 15) is 34.2 Å². The van der Waals surface area contributed by atoms with Crippen molar-refractivity contribution in [2.24, 2.45) is 11.5 Å². The predicted octanol–water partition coefficient (Wildman–Crippen LogP) is -2.81. The minimum Gasteiger partial charge on any atom is -0.481 e. The number of aromatic nitrogens is 2. The van der Waals surface area contributed by atoms with Gasteiger partial charge >= 0.3 is 11.9 Å². The highest BCUT2D eigenvalue weighted by Gasteiger charge is 2.32. The molecule has 11 N–H and O–H groups in total. The summed E-state index contributed by atoms with van der Waals surface area (Å²) in [6, 6.07) is -5.33. The summed E-state index contributed by atoms with van der Waals surface area (Å²) in [7, 11) is 0. The first-order chi connectivity index (χ1) is 17.0. The van der Waals surface area contributed by atoms with Crippen molar-refractivity contribution in [3.8, 4) is 0 Å². The molecule has 0 aromatic carbocycles. The second-order valence-corrected chi connectivity index (χ2v) is 8.29. The lowest BCUT2D eigenvalue weighted by atomic mass is 10.1. The van der Waals surface area contributed by atoms with Gasteiger partial charge in [-0.3, -0.25) is 19.2 Å². The molecule has 3 amide bonds. The number of hydrogen-bond donors (Lipinski definition) is 9. The highest BCUT2D eigenvalue weighted by molar-refractivity contribution is 5.94. The van der Waals surface area contributed by atoms with Gasteiger partial charge < -0.3 is 47.7 Å². The van der Waals surface area contributed by atoms with Crippen LogP contribution in [0.25, 0.3) is 0 Å². The van der Waals surface area contributed by atoms with Crippen molar-refractivity contribution in [1.29, 1.82) is 0 Å². The van der Waals surface area contributed by atoms with Crippen molar-refractivity contribution in [1.82, 2.24) is 25.9 Å². The molecule has 1 heterocycles. The van der Waals surface area contributed by atoms with Crippen molar-refractivity contribution in [2.75, 3.05) is 6.54 Å². The van der Waals surface area contributed by atoms with Crippen LogP contribution in [0.15, 0.2) is 12.5 Å². The number of amides is 3. The lowest BCUT2D eigenvalue weighted by Gasteiger charge is -2.26. The van der Waals surface area contributed by atoms with E-state index in [1.807, 2.05) is 0 Å². The molecular formula is C21H35N7O8. The zero-order chi connectivity index (χ0) is 27.3. The second-order valence-electron chi connectivity index (χ2n) is 8.29. The average molecular weight is 514 g/mol. The normalized spacial score (nSPS) is 15.1. The van der Waals surface area contributed by atoms with Crippen LogP contribution in [-0.4, -0.2) is 91.8 Å². The number of H-pyrrole nitrogens is 1. The first-order valence-electron chi connectivity index (χ1n) is 11.4. The standard InChI is InChI=1S/C21H35N7O8/c1-11(29)17(28-18(32)13(23)8-12-9-24-10-25-12)20(34)26-14(5-6-16(30)31)19(33)27-15(21(35)36)4-2-3-7-22/h9-11,13-15,17,29H,2-8,22-23H2,1H3,(H,24,25)(H,26,34)(H,27,33)(H,28,32)(H,30,31)(H,35,36). The summed E-state index contributed by atoms with van der Waals surface area (Å²) in [5, 5.41) is 35.4. The molecule has 0 aliphatic heterocycles. The van der Waals surface area contributed by atoms with Gasteiger partial charge in [-0.25, -0.2) is 9.78 Å². The van der Waals surface area contributed by atoms with E-state index in [0.717, 1.165) is 0 Å². The maximum Gasteiger partial charge on any atom is 0.326 e. The number of rotatable bonds is 17. The monoisotopic (exact) mass is 513 g/mol. The van der Waals surface area contributed by atoms with Crippen LogP contribution in [0.3, 0.4) is 0 Å². The molecule has 0 aliphatic carbocycles. The minimum absolute atomic E-state index is 0.0738. The number of unbranched alkanes of at least 4 members (excludes halogenated alkanes) is 1. The third kappa shape index (κ3) is 10.8. The van der Waals surface area contributed by atoms with E-state index in [0.29, 0.717) is 25.1 Å². The second kappa shape index (κ2) is 15.4. The number of carboxylic acid groups (broad SMARTS) is 2. The molecule has 1 aromatic heterocycles. The number of carbonyl (C=O) groups excluding carboxylic acids is 3. The zero-order valence-corrected chi connectivity index (χ0v) is 20.0. The molecule has 15 nitrogen and oxygen atoms in total. The predicted molar refractivity (Wildman–Crippen MR) is 125 cm³/mol. The van der Waals surface area contributed by atoms with Gasteiger partial charge in [0.1, 0.15) is 18.1 Å². The Bertz CT molecular complexity index is 878. The van der Waals surface area contributed by atoms with Crippen LogP contribution in [0.5, 0.6) is 0 Å². The molecule has 1 aromatic rings. The minimum atomic E-state index is -1.52. The number of nitrogens with one attached hydrogen (secondary N) is 4. The Morgan fingerprint density at radius 2 is 1.67 bits per heavy atom. The molecular weight excluding hydrogens is 478 g/mol. The molecule has 5 atom stereocenters. The number of aromatic amines is 1. The van der Waals surface area contributed by atoms with Gasteiger partial charge in [0, 0.05) is 24.7 Å². The number of carbonyl (C=O) groups is 5. The van der Waals surface area contributed by atoms with Gasteiger partial charge in [-0.1, -0.05) is 0 Å². The Morgan fingerprint density at radius 1 is 1.00 bits per heavy atom. The zero-order valence-electron chi connectivity index (χ0n) is 20.0. The van der Waals surface area contributed by atoms with Crippen LogP contribution >= 0.6 is 0 Å². The summed E-state index contributed by atoms with van der Waals surface area (Å²) in [5.74, 6) is -5.21. The van der Waals surface area contributed by atoms with Crippen LogP contribution in [-0.2, 0) is 30.4 Å². The van der Waals surface area contributed by atoms with E-state index >= 15 is 0 Å². The van der Waals surface area contributed by atoms with Gasteiger partial charge in [0.05, 0.1) is 18.5 Å². The molecule has 0 radical (unpaired) electrons. The molecule has 0 spiro atoms. The SMILES string of the molecule is CC(O)C(NC(=O)C(N)Cc1cnc[nH]1)C(=O)NC(CCC(=O)O)C(=O)NC(CCCCN)C(=O)O. The van der Waals surface area contributed by atoms with Gasteiger partial charge in [0.25, 0.3) is 0 Å². The Morgan fingerprint density at radius 3 is 2.19 bits per heavy atom. The van der Waals surface area contributed by atoms with Gasteiger partial charge in [0.2, 0.25) is 17.7 Å². The fourth-order valence-electron chi connectivity index (χ4n) is 3.21. The molecule has 0 aliphatic rings. The molecule has 36 heavy (non-hydrogen) atoms. The highest BCUT2D eigenvalue weighted by Crippen LogP contribution is 2.06. The Balaban J connectivity index is 2.91. The van der Waals surface area contributed by atoms with E-state index < -0.39 is 66.4 Å². The molecule has 0 bridgehead atoms. The van der Waals surface area contributed by atoms with E-state index in [1.54, 1.807) is 0 Å². The maximum atomic E-state index is 12.8. The molecule has 1 rings (SSSR count). The highest BCUT2D eigenvalue weighted by atomic mass is 16.4. The number of nitrogens with two attached hydrogens (primary N) is 2. The van der Waals surface area contributed by atoms with Crippen molar-refractivity contribution in [3.63, 3.8) is 0 Å². The molecule has 15 heteroatoms. The lowest BCUT2D eigenvalue weighted by Crippen LogP contribution is -2.60. The van der Waals surface area contributed by atoms with Gasteiger partial charge in [-0.2, -0.15) is 0 Å². The Labute approximate surface area is 207 Å². The summed E-state index contributed by atoms with van der Waals surface area (Å²) in [6.45, 7) is 1.57. The van der Waals surface area contributed by atoms with Crippen molar-refractivity contribution in [3.05, 3.63) is 18.2 Å². The summed E-state index contributed by atoms with van der Waals surface area (Å²) in [5.41, 5.74) is 11.8. The summed E-state index contributed by atoms with van der Waals surface area (Å²) < 4.78 is 0. The van der Waals surface area contributed by atoms with E-state index in [2.05, 4.69) is 25.9 Å². The number of aliphatic carboxylic acids is 2. The van der Waals surface area contributed by atoms with Crippen molar-refractivity contribution < 1.29 is 39.3 Å². The fraction of sp³-hybridized carbons (Fsp3) is 0.619. The number of nitrogens with zero attached hydrogens (tertiary/aromatic N) is 1. The molecule has 0 saturated heterocycles. The number of imidazole rings is 1. The smallest absolute Gasteiger partial charge is 0.326 e. The number of hydrogen-bond acceptors (Lipinski definition) is 9. The van der Waals surface area contributed by atoms with Crippen LogP contribution in [0.2, 0.25) is 0 Å². The van der Waals surface area contributed by atoms with Crippen LogP contribution < -0.4 is 27.4 Å². The Kier molecular flexibility index (Phi) is 13.1. The largest absolute Gasteiger partial charge is 0.481 e. The van der Waals surface area contributed by atoms with Crippen LogP contribution in [0.1, 0.15) is 44.7 Å². The summed E-state index contributed by atoms with van der Waals surface area (Å²) in [4.78, 5) is 67.2. The summed E-state index contributed by atoms with van der Waals surface area (Å²) >= 11 is 0. The van der Waals surface area contributed by atoms with Crippen molar-refractivity contribution >= 4 is 29.7 Å². The number of aliphatic hydroxyl groups is 1.